The highest BCUT2D eigenvalue weighted by Crippen LogP contribution is 2.19. The second kappa shape index (κ2) is 6.21. The van der Waals surface area contributed by atoms with Gasteiger partial charge in [-0.25, -0.2) is 4.39 Å². The third-order valence-corrected chi connectivity index (χ3v) is 3.38. The average Bonchev–Trinajstić information content (AvgIpc) is 2.40. The van der Waals surface area contributed by atoms with E-state index in [9.17, 15) is 4.39 Å². The number of alkyl halides is 1. The van der Waals surface area contributed by atoms with Gasteiger partial charge in [0, 0.05) is 5.33 Å². The third-order valence-electron chi connectivity index (χ3n) is 2.44. The molecule has 0 aliphatic rings. The van der Waals surface area contributed by atoms with Crippen molar-refractivity contribution in [3.05, 3.63) is 64.4 Å². The number of ether oxygens (including phenoxy) is 1. The quantitative estimate of drug-likeness (QED) is 0.721. The number of halogens is 3. The van der Waals surface area contributed by atoms with Crippen LogP contribution in [0, 0.1) is 5.82 Å². The Morgan fingerprint density at radius 2 is 1.94 bits per heavy atom. The smallest absolute Gasteiger partial charge is 0.141 e. The molecule has 0 amide bonds. The lowest BCUT2D eigenvalue weighted by atomic mass is 10.2. The Kier molecular flexibility index (Phi) is 4.61. The second-order valence-corrected chi connectivity index (χ2v) is 4.79. The fourth-order valence-electron chi connectivity index (χ4n) is 1.51. The highest BCUT2D eigenvalue weighted by atomic mass is 79.9. The summed E-state index contributed by atoms with van der Waals surface area (Å²) in [5.41, 5.74) is 1.98. The molecule has 0 saturated heterocycles. The van der Waals surface area contributed by atoms with Gasteiger partial charge in [0.05, 0.1) is 5.02 Å². The maximum atomic E-state index is 13.0. The van der Waals surface area contributed by atoms with Crippen LogP contribution in [-0.4, -0.2) is 0 Å². The zero-order valence-corrected chi connectivity index (χ0v) is 11.8. The van der Waals surface area contributed by atoms with Crippen LogP contribution in [-0.2, 0) is 11.9 Å². The molecule has 0 aliphatic heterocycles. The van der Waals surface area contributed by atoms with Gasteiger partial charge >= 0.3 is 0 Å². The molecule has 2 aromatic rings. The van der Waals surface area contributed by atoms with Crippen molar-refractivity contribution in [1.29, 1.82) is 0 Å². The summed E-state index contributed by atoms with van der Waals surface area (Å²) in [6.45, 7) is 0.367. The van der Waals surface area contributed by atoms with E-state index in [0.29, 0.717) is 6.61 Å². The lowest BCUT2D eigenvalue weighted by Gasteiger charge is -2.08. The van der Waals surface area contributed by atoms with Gasteiger partial charge in [0.2, 0.25) is 0 Å². The van der Waals surface area contributed by atoms with Crippen molar-refractivity contribution in [2.75, 3.05) is 0 Å². The zero-order valence-electron chi connectivity index (χ0n) is 9.50. The number of benzene rings is 2. The highest BCUT2D eigenvalue weighted by molar-refractivity contribution is 9.08. The molecular formula is C14H11BrClFO. The van der Waals surface area contributed by atoms with Crippen LogP contribution >= 0.6 is 27.5 Å². The largest absolute Gasteiger partial charge is 0.489 e. The van der Waals surface area contributed by atoms with Crippen LogP contribution in [0.2, 0.25) is 5.02 Å². The Morgan fingerprint density at radius 1 is 1.11 bits per heavy atom. The monoisotopic (exact) mass is 328 g/mol. The molecule has 0 aromatic heterocycles. The van der Waals surface area contributed by atoms with Crippen LogP contribution < -0.4 is 4.74 Å². The predicted molar refractivity (Wildman–Crippen MR) is 74.8 cm³/mol. The number of hydrogen-bond acceptors (Lipinski definition) is 1. The summed E-state index contributed by atoms with van der Waals surface area (Å²) in [6, 6.07) is 12.4. The van der Waals surface area contributed by atoms with Gasteiger partial charge in [0.15, 0.2) is 0 Å². The van der Waals surface area contributed by atoms with E-state index in [4.69, 9.17) is 16.3 Å². The summed E-state index contributed by atoms with van der Waals surface area (Å²) in [4.78, 5) is 0. The van der Waals surface area contributed by atoms with E-state index in [0.717, 1.165) is 22.2 Å². The first kappa shape index (κ1) is 13.4. The minimum atomic E-state index is -0.415. The first-order valence-electron chi connectivity index (χ1n) is 5.40. The van der Waals surface area contributed by atoms with Gasteiger partial charge in [-0.3, -0.25) is 0 Å². The molecule has 94 valence electrons. The normalized spacial score (nSPS) is 10.4. The Bertz CT molecular complexity index is 545. The highest BCUT2D eigenvalue weighted by Gasteiger charge is 2.02. The molecule has 1 nitrogen and oxygen atoms in total. The van der Waals surface area contributed by atoms with Gasteiger partial charge in [-0.05, 0) is 35.4 Å². The third kappa shape index (κ3) is 3.47. The van der Waals surface area contributed by atoms with E-state index >= 15 is 0 Å². The van der Waals surface area contributed by atoms with Crippen LogP contribution in [0.25, 0.3) is 0 Å². The number of rotatable bonds is 4. The molecule has 18 heavy (non-hydrogen) atoms. The molecular weight excluding hydrogens is 319 g/mol. The predicted octanol–water partition coefficient (Wildman–Crippen LogP) is 4.95. The van der Waals surface area contributed by atoms with Gasteiger partial charge in [-0.2, -0.15) is 0 Å². The molecule has 0 fully saturated rings. The molecule has 0 spiro atoms. The van der Waals surface area contributed by atoms with Gasteiger partial charge < -0.3 is 4.74 Å². The standard InChI is InChI=1S/C14H11BrClFO/c15-8-10-2-1-3-12(6-10)18-9-11-4-5-14(17)13(16)7-11/h1-7H,8-9H2. The molecule has 0 unspecified atom stereocenters. The fourth-order valence-corrected chi connectivity index (χ4v) is 2.07. The van der Waals surface area contributed by atoms with Crippen LogP contribution in [0.1, 0.15) is 11.1 Å². The van der Waals surface area contributed by atoms with Gasteiger partial charge in [0.25, 0.3) is 0 Å². The van der Waals surface area contributed by atoms with Crippen molar-refractivity contribution in [3.63, 3.8) is 0 Å². The summed E-state index contributed by atoms with van der Waals surface area (Å²) in [7, 11) is 0. The zero-order chi connectivity index (χ0) is 13.0. The molecule has 2 rings (SSSR count). The Labute approximate surface area is 119 Å². The maximum absolute atomic E-state index is 13.0. The molecule has 2 aromatic carbocycles. The van der Waals surface area contributed by atoms with Crippen LogP contribution in [0.3, 0.4) is 0 Å². The lowest BCUT2D eigenvalue weighted by molar-refractivity contribution is 0.306. The van der Waals surface area contributed by atoms with Crippen molar-refractivity contribution in [2.45, 2.75) is 11.9 Å². The second-order valence-electron chi connectivity index (χ2n) is 3.82. The molecule has 0 saturated carbocycles. The Morgan fingerprint density at radius 3 is 2.67 bits per heavy atom. The van der Waals surface area contributed by atoms with Crippen molar-refractivity contribution in [2.24, 2.45) is 0 Å². The number of hydrogen-bond donors (Lipinski definition) is 0. The topological polar surface area (TPSA) is 9.23 Å². The van der Waals surface area contributed by atoms with E-state index in [1.54, 1.807) is 12.1 Å². The van der Waals surface area contributed by atoms with E-state index in [2.05, 4.69) is 15.9 Å². The summed E-state index contributed by atoms with van der Waals surface area (Å²) in [5, 5.41) is 0.900. The minimum Gasteiger partial charge on any atom is -0.489 e. The lowest BCUT2D eigenvalue weighted by Crippen LogP contribution is -1.96. The summed E-state index contributed by atoms with van der Waals surface area (Å²) in [6.07, 6.45) is 0. The van der Waals surface area contributed by atoms with Crippen molar-refractivity contribution >= 4 is 27.5 Å². The first-order chi connectivity index (χ1) is 8.69. The molecule has 0 heterocycles. The summed E-state index contributed by atoms with van der Waals surface area (Å²) < 4.78 is 18.6. The van der Waals surface area contributed by atoms with Gasteiger partial charge in [0.1, 0.15) is 18.2 Å². The van der Waals surface area contributed by atoms with Crippen molar-refractivity contribution in [3.8, 4) is 5.75 Å². The molecule has 4 heteroatoms. The fraction of sp³-hybridized carbons (Fsp3) is 0.143. The van der Waals surface area contributed by atoms with E-state index in [1.165, 1.54) is 6.07 Å². The summed E-state index contributed by atoms with van der Waals surface area (Å²) in [5.74, 6) is 0.370. The van der Waals surface area contributed by atoms with E-state index in [-0.39, 0.29) is 5.02 Å². The maximum Gasteiger partial charge on any atom is 0.141 e. The summed E-state index contributed by atoms with van der Waals surface area (Å²) >= 11 is 9.10. The molecule has 0 atom stereocenters. The van der Waals surface area contributed by atoms with Crippen LogP contribution in [0.15, 0.2) is 42.5 Å². The molecule has 0 aliphatic carbocycles. The first-order valence-corrected chi connectivity index (χ1v) is 6.90. The SMILES string of the molecule is Fc1ccc(COc2cccc(CBr)c2)cc1Cl. The Balaban J connectivity index is 2.04. The van der Waals surface area contributed by atoms with Crippen molar-refractivity contribution in [1.82, 2.24) is 0 Å². The average molecular weight is 330 g/mol. The van der Waals surface area contributed by atoms with Gasteiger partial charge in [-0.1, -0.05) is 45.7 Å². The van der Waals surface area contributed by atoms with E-state index < -0.39 is 5.82 Å². The Hall–Kier alpha value is -1.06. The molecule has 0 bridgehead atoms. The van der Waals surface area contributed by atoms with Gasteiger partial charge in [-0.15, -0.1) is 0 Å². The van der Waals surface area contributed by atoms with Crippen molar-refractivity contribution < 1.29 is 9.13 Å². The van der Waals surface area contributed by atoms with Crippen LogP contribution in [0.4, 0.5) is 4.39 Å². The molecule has 0 radical (unpaired) electrons. The minimum absolute atomic E-state index is 0.116. The van der Waals surface area contributed by atoms with E-state index in [1.807, 2.05) is 24.3 Å². The van der Waals surface area contributed by atoms with Crippen LogP contribution in [0.5, 0.6) is 5.75 Å². The molecule has 0 N–H and O–H groups in total.